The molecule has 0 aliphatic carbocycles. The van der Waals surface area contributed by atoms with Gasteiger partial charge in [0.2, 0.25) is 0 Å². The van der Waals surface area contributed by atoms with Crippen LogP contribution in [0, 0.1) is 11.2 Å². The third-order valence-electron chi connectivity index (χ3n) is 1.52. The van der Waals surface area contributed by atoms with Crippen LogP contribution in [-0.4, -0.2) is 14.3 Å². The minimum Gasteiger partial charge on any atom is -0.384 e. The summed E-state index contributed by atoms with van der Waals surface area (Å²) in [7, 11) is -3.97. The van der Waals surface area contributed by atoms with E-state index in [1.54, 1.807) is 0 Å². The van der Waals surface area contributed by atoms with Gasteiger partial charge in [0.15, 0.2) is 0 Å². The number of anilines is 1. The highest BCUT2D eigenvalue weighted by Gasteiger charge is 2.10. The second kappa shape index (κ2) is 3.83. The highest BCUT2D eigenvalue weighted by molar-refractivity contribution is 7.90. The molecule has 0 radical (unpaired) electrons. The van der Waals surface area contributed by atoms with E-state index in [0.29, 0.717) is 0 Å². The first-order valence-electron chi connectivity index (χ1n) is 3.74. The molecule has 82 valence electrons. The first-order chi connectivity index (χ1) is 6.79. The predicted molar refractivity (Wildman–Crippen MR) is 54.1 cm³/mol. The summed E-state index contributed by atoms with van der Waals surface area (Å²) in [5.74, 6) is -1.08. The lowest BCUT2D eigenvalue weighted by atomic mass is 10.1. The molecule has 0 spiro atoms. The molecule has 1 aromatic carbocycles. The second-order valence-electron chi connectivity index (χ2n) is 2.75. The zero-order chi connectivity index (χ0) is 11.6. The summed E-state index contributed by atoms with van der Waals surface area (Å²) in [4.78, 5) is 0. The van der Waals surface area contributed by atoms with E-state index in [0.717, 1.165) is 18.2 Å². The fourth-order valence-corrected chi connectivity index (χ4v) is 1.47. The van der Waals surface area contributed by atoms with Gasteiger partial charge in [-0.2, -0.15) is 8.42 Å². The van der Waals surface area contributed by atoms with Crippen molar-refractivity contribution in [3.63, 3.8) is 0 Å². The Morgan fingerprint density at radius 3 is 2.53 bits per heavy atom. The van der Waals surface area contributed by atoms with E-state index in [4.69, 9.17) is 16.3 Å². The number of rotatable bonds is 3. The molecular formula is C7H9FN4O2S. The third kappa shape index (κ3) is 3.18. The Morgan fingerprint density at radius 1 is 1.47 bits per heavy atom. The molecule has 0 bridgehead atoms. The first-order valence-corrected chi connectivity index (χ1v) is 5.29. The van der Waals surface area contributed by atoms with Crippen LogP contribution in [0.2, 0.25) is 0 Å². The minimum atomic E-state index is -3.97. The van der Waals surface area contributed by atoms with Crippen LogP contribution in [-0.2, 0) is 10.2 Å². The van der Waals surface area contributed by atoms with E-state index in [1.165, 1.54) is 0 Å². The number of hydrogen-bond donors (Lipinski definition) is 4. The van der Waals surface area contributed by atoms with Gasteiger partial charge in [-0.15, -0.1) is 0 Å². The normalized spacial score (nSPS) is 11.1. The SMILES string of the molecule is N=C(N)c1cc(F)ccc1NS(N)(=O)=O. The molecule has 0 saturated carbocycles. The average molecular weight is 232 g/mol. The van der Waals surface area contributed by atoms with Gasteiger partial charge >= 0.3 is 0 Å². The average Bonchev–Trinajstić information content (AvgIpc) is 2.05. The third-order valence-corrected chi connectivity index (χ3v) is 2.03. The van der Waals surface area contributed by atoms with Crippen LogP contribution in [0.15, 0.2) is 18.2 Å². The van der Waals surface area contributed by atoms with Crippen LogP contribution in [0.5, 0.6) is 0 Å². The number of nitrogen functional groups attached to an aromatic ring is 1. The zero-order valence-corrected chi connectivity index (χ0v) is 8.31. The molecule has 0 saturated heterocycles. The molecule has 0 heterocycles. The zero-order valence-electron chi connectivity index (χ0n) is 7.49. The maximum atomic E-state index is 12.8. The van der Waals surface area contributed by atoms with E-state index in [2.05, 4.69) is 0 Å². The van der Waals surface area contributed by atoms with Crippen LogP contribution in [0.1, 0.15) is 5.56 Å². The van der Waals surface area contributed by atoms with Crippen molar-refractivity contribution < 1.29 is 12.8 Å². The molecule has 0 aliphatic heterocycles. The van der Waals surface area contributed by atoms with Crippen molar-refractivity contribution in [2.75, 3.05) is 4.72 Å². The Labute approximate surface area is 85.8 Å². The predicted octanol–water partition coefficient (Wildman–Crippen LogP) is -0.275. The number of hydrogen-bond acceptors (Lipinski definition) is 3. The van der Waals surface area contributed by atoms with Gasteiger partial charge in [-0.25, -0.2) is 9.53 Å². The fraction of sp³-hybridized carbons (Fsp3) is 0. The highest BCUT2D eigenvalue weighted by atomic mass is 32.2. The van der Waals surface area contributed by atoms with Gasteiger partial charge in [0, 0.05) is 5.56 Å². The summed E-state index contributed by atoms with van der Waals surface area (Å²) in [5, 5.41) is 11.8. The van der Waals surface area contributed by atoms with Crippen molar-refractivity contribution in [3.05, 3.63) is 29.6 Å². The van der Waals surface area contributed by atoms with Gasteiger partial charge in [-0.1, -0.05) is 0 Å². The standard InChI is InChI=1S/C7H9FN4O2S/c8-4-1-2-6(12-15(11,13)14)5(3-4)7(9)10/h1-3,12H,(H3,9,10)(H2,11,13,14). The maximum absolute atomic E-state index is 12.8. The summed E-state index contributed by atoms with van der Waals surface area (Å²) in [6.07, 6.45) is 0. The van der Waals surface area contributed by atoms with E-state index in [-0.39, 0.29) is 11.3 Å². The number of nitrogens with two attached hydrogens (primary N) is 2. The molecule has 0 aliphatic rings. The lowest BCUT2D eigenvalue weighted by molar-refractivity contribution is 0.602. The van der Waals surface area contributed by atoms with Crippen LogP contribution in [0.3, 0.4) is 0 Å². The van der Waals surface area contributed by atoms with Crippen molar-refractivity contribution >= 4 is 21.7 Å². The molecular weight excluding hydrogens is 223 g/mol. The molecule has 1 aromatic rings. The topological polar surface area (TPSA) is 122 Å². The number of halogens is 1. The van der Waals surface area contributed by atoms with Gasteiger partial charge in [0.05, 0.1) is 5.69 Å². The van der Waals surface area contributed by atoms with Crippen molar-refractivity contribution in [1.82, 2.24) is 0 Å². The van der Waals surface area contributed by atoms with E-state index in [1.807, 2.05) is 4.72 Å². The smallest absolute Gasteiger partial charge is 0.296 e. The van der Waals surface area contributed by atoms with E-state index >= 15 is 0 Å². The van der Waals surface area contributed by atoms with Crippen LogP contribution < -0.4 is 15.6 Å². The number of benzene rings is 1. The summed E-state index contributed by atoms with van der Waals surface area (Å²) in [6.45, 7) is 0. The summed E-state index contributed by atoms with van der Waals surface area (Å²) in [6, 6.07) is 3.10. The van der Waals surface area contributed by atoms with Gasteiger partial charge in [0.1, 0.15) is 11.7 Å². The Bertz CT molecular complexity index is 500. The largest absolute Gasteiger partial charge is 0.384 e. The second-order valence-corrected chi connectivity index (χ2v) is 4.04. The van der Waals surface area contributed by atoms with Crippen molar-refractivity contribution in [1.29, 1.82) is 5.41 Å². The fourth-order valence-electron chi connectivity index (χ4n) is 0.982. The Morgan fingerprint density at radius 2 is 2.07 bits per heavy atom. The monoisotopic (exact) mass is 232 g/mol. The molecule has 8 heteroatoms. The Kier molecular flexibility index (Phi) is 2.91. The highest BCUT2D eigenvalue weighted by Crippen LogP contribution is 2.16. The minimum absolute atomic E-state index is 0.0357. The van der Waals surface area contributed by atoms with Gasteiger partial charge in [-0.3, -0.25) is 10.1 Å². The molecule has 0 atom stereocenters. The summed E-state index contributed by atoms with van der Waals surface area (Å²) in [5.41, 5.74) is 5.04. The molecule has 6 N–H and O–H groups in total. The molecule has 15 heavy (non-hydrogen) atoms. The van der Waals surface area contributed by atoms with Crippen LogP contribution >= 0.6 is 0 Å². The Balaban J connectivity index is 3.24. The van der Waals surface area contributed by atoms with Gasteiger partial charge in [0.25, 0.3) is 10.2 Å². The van der Waals surface area contributed by atoms with Gasteiger partial charge in [-0.05, 0) is 18.2 Å². The van der Waals surface area contributed by atoms with E-state index in [9.17, 15) is 12.8 Å². The Hall–Kier alpha value is -1.67. The van der Waals surface area contributed by atoms with Crippen molar-refractivity contribution in [3.8, 4) is 0 Å². The van der Waals surface area contributed by atoms with Crippen LogP contribution in [0.4, 0.5) is 10.1 Å². The number of amidine groups is 1. The van der Waals surface area contributed by atoms with Crippen LogP contribution in [0.25, 0.3) is 0 Å². The first kappa shape index (κ1) is 11.4. The lowest BCUT2D eigenvalue weighted by Gasteiger charge is -2.08. The summed E-state index contributed by atoms with van der Waals surface area (Å²) >= 11 is 0. The molecule has 1 rings (SSSR count). The lowest BCUT2D eigenvalue weighted by Crippen LogP contribution is -2.24. The van der Waals surface area contributed by atoms with E-state index < -0.39 is 21.9 Å². The summed E-state index contributed by atoms with van der Waals surface area (Å²) < 4.78 is 36.1. The molecule has 6 nitrogen and oxygen atoms in total. The molecule has 0 aromatic heterocycles. The number of nitrogens with one attached hydrogen (secondary N) is 2. The molecule has 0 amide bonds. The van der Waals surface area contributed by atoms with Crippen molar-refractivity contribution in [2.45, 2.75) is 0 Å². The van der Waals surface area contributed by atoms with Crippen molar-refractivity contribution in [2.24, 2.45) is 10.9 Å². The quantitative estimate of drug-likeness (QED) is 0.423. The molecule has 0 unspecified atom stereocenters. The molecule has 0 fully saturated rings. The van der Waals surface area contributed by atoms with Gasteiger partial charge < -0.3 is 5.73 Å². The maximum Gasteiger partial charge on any atom is 0.296 e.